The summed E-state index contributed by atoms with van der Waals surface area (Å²) in [5.74, 6) is 0. The van der Waals surface area contributed by atoms with Crippen molar-refractivity contribution < 1.29 is 0 Å². The molecule has 3 rings (SSSR count). The van der Waals surface area contributed by atoms with Gasteiger partial charge in [-0.1, -0.05) is 30.7 Å². The van der Waals surface area contributed by atoms with Gasteiger partial charge in [-0.05, 0) is 43.1 Å². The van der Waals surface area contributed by atoms with E-state index in [4.69, 9.17) is 5.73 Å². The number of nitrogens with zero attached hydrogens (tertiary/aromatic N) is 2. The third-order valence-corrected chi connectivity index (χ3v) is 3.90. The fourth-order valence-electron chi connectivity index (χ4n) is 2.79. The van der Waals surface area contributed by atoms with Gasteiger partial charge in [-0.2, -0.15) is 0 Å². The smallest absolute Gasteiger partial charge is 0.0506 e. The maximum Gasteiger partial charge on any atom is 0.0506 e. The molecule has 1 aromatic heterocycles. The summed E-state index contributed by atoms with van der Waals surface area (Å²) in [4.78, 5) is 6.69. The molecule has 3 heteroatoms. The second kappa shape index (κ2) is 6.06. The van der Waals surface area contributed by atoms with Crippen LogP contribution in [0.15, 0.2) is 42.7 Å². The molecule has 1 saturated heterocycles. The van der Waals surface area contributed by atoms with E-state index in [0.29, 0.717) is 5.69 Å². The van der Waals surface area contributed by atoms with E-state index < -0.39 is 0 Å². The summed E-state index contributed by atoms with van der Waals surface area (Å²) in [6.45, 7) is 3.54. The fourth-order valence-corrected chi connectivity index (χ4v) is 2.79. The molecule has 0 amide bonds. The predicted octanol–water partition coefficient (Wildman–Crippen LogP) is 3.32. The van der Waals surface area contributed by atoms with E-state index in [1.807, 2.05) is 12.3 Å². The summed E-state index contributed by atoms with van der Waals surface area (Å²) in [5.41, 5.74) is 10.1. The quantitative estimate of drug-likeness (QED) is 0.927. The highest BCUT2D eigenvalue weighted by Gasteiger charge is 2.10. The number of piperidine rings is 1. The van der Waals surface area contributed by atoms with E-state index in [0.717, 1.165) is 12.1 Å². The number of rotatable bonds is 3. The molecular formula is C17H21N3. The first-order valence-electron chi connectivity index (χ1n) is 7.33. The van der Waals surface area contributed by atoms with Crippen LogP contribution in [0, 0.1) is 0 Å². The van der Waals surface area contributed by atoms with Gasteiger partial charge in [0, 0.05) is 24.5 Å². The Labute approximate surface area is 120 Å². The zero-order valence-corrected chi connectivity index (χ0v) is 11.8. The summed E-state index contributed by atoms with van der Waals surface area (Å²) in [6, 6.07) is 10.7. The van der Waals surface area contributed by atoms with E-state index in [1.165, 1.54) is 43.5 Å². The average Bonchev–Trinajstić information content (AvgIpc) is 2.49. The maximum absolute atomic E-state index is 5.78. The lowest BCUT2D eigenvalue weighted by molar-refractivity contribution is 0.221. The van der Waals surface area contributed by atoms with Crippen LogP contribution in [0.25, 0.3) is 11.1 Å². The van der Waals surface area contributed by atoms with Crippen molar-refractivity contribution in [2.75, 3.05) is 18.8 Å². The Morgan fingerprint density at radius 3 is 2.40 bits per heavy atom. The number of aromatic nitrogens is 1. The summed E-state index contributed by atoms with van der Waals surface area (Å²) >= 11 is 0. The van der Waals surface area contributed by atoms with E-state index in [2.05, 4.69) is 34.1 Å². The molecule has 0 bridgehead atoms. The molecule has 0 atom stereocenters. The Morgan fingerprint density at radius 1 is 0.950 bits per heavy atom. The topological polar surface area (TPSA) is 42.1 Å². The zero-order valence-electron chi connectivity index (χ0n) is 11.8. The van der Waals surface area contributed by atoms with Crippen LogP contribution in [0.1, 0.15) is 24.8 Å². The van der Waals surface area contributed by atoms with Crippen LogP contribution in [-0.2, 0) is 6.54 Å². The minimum absolute atomic E-state index is 0.708. The van der Waals surface area contributed by atoms with Crippen molar-refractivity contribution in [3.05, 3.63) is 48.3 Å². The number of nitrogen functional groups attached to an aromatic ring is 1. The zero-order chi connectivity index (χ0) is 13.8. The lowest BCUT2D eigenvalue weighted by Gasteiger charge is -2.26. The first-order valence-corrected chi connectivity index (χ1v) is 7.33. The monoisotopic (exact) mass is 267 g/mol. The molecule has 104 valence electrons. The fraction of sp³-hybridized carbons (Fsp3) is 0.353. The van der Waals surface area contributed by atoms with E-state index in [9.17, 15) is 0 Å². The van der Waals surface area contributed by atoms with Gasteiger partial charge in [0.05, 0.1) is 5.69 Å². The van der Waals surface area contributed by atoms with Crippen molar-refractivity contribution in [3.63, 3.8) is 0 Å². The van der Waals surface area contributed by atoms with Gasteiger partial charge in [-0.3, -0.25) is 9.88 Å². The largest absolute Gasteiger partial charge is 0.397 e. The van der Waals surface area contributed by atoms with Crippen molar-refractivity contribution >= 4 is 5.69 Å². The minimum atomic E-state index is 0.708. The number of nitrogens with two attached hydrogens (primary N) is 1. The van der Waals surface area contributed by atoms with E-state index in [1.54, 1.807) is 6.20 Å². The number of hydrogen-bond donors (Lipinski definition) is 1. The molecule has 1 aliphatic rings. The van der Waals surface area contributed by atoms with Crippen molar-refractivity contribution in [2.45, 2.75) is 25.8 Å². The summed E-state index contributed by atoms with van der Waals surface area (Å²) in [5, 5.41) is 0. The van der Waals surface area contributed by atoms with Crippen molar-refractivity contribution in [1.82, 2.24) is 9.88 Å². The number of benzene rings is 1. The normalized spacial score (nSPS) is 16.2. The molecule has 1 fully saturated rings. The van der Waals surface area contributed by atoms with Gasteiger partial charge in [0.15, 0.2) is 0 Å². The van der Waals surface area contributed by atoms with Gasteiger partial charge < -0.3 is 5.73 Å². The molecule has 0 spiro atoms. The molecule has 1 aromatic carbocycles. The van der Waals surface area contributed by atoms with Gasteiger partial charge in [0.2, 0.25) is 0 Å². The summed E-state index contributed by atoms with van der Waals surface area (Å²) in [7, 11) is 0. The lowest BCUT2D eigenvalue weighted by Crippen LogP contribution is -2.28. The van der Waals surface area contributed by atoms with Gasteiger partial charge in [0.25, 0.3) is 0 Å². The summed E-state index contributed by atoms with van der Waals surface area (Å²) < 4.78 is 0. The predicted molar refractivity (Wildman–Crippen MR) is 83.2 cm³/mol. The number of likely N-dealkylation sites (tertiary alicyclic amines) is 1. The molecule has 0 saturated carbocycles. The van der Waals surface area contributed by atoms with E-state index in [-0.39, 0.29) is 0 Å². The molecule has 1 aliphatic heterocycles. The molecule has 20 heavy (non-hydrogen) atoms. The Balaban J connectivity index is 1.71. The van der Waals surface area contributed by atoms with E-state index >= 15 is 0 Å². The number of hydrogen-bond acceptors (Lipinski definition) is 3. The SMILES string of the molecule is Nc1cncc(-c2ccc(CN3CCCCC3)cc2)c1. The lowest BCUT2D eigenvalue weighted by atomic mass is 10.0. The van der Waals surface area contributed by atoms with Gasteiger partial charge >= 0.3 is 0 Å². The maximum atomic E-state index is 5.78. The Morgan fingerprint density at radius 2 is 1.70 bits per heavy atom. The molecule has 0 unspecified atom stereocenters. The average molecular weight is 267 g/mol. The Kier molecular flexibility index (Phi) is 3.97. The Hall–Kier alpha value is -1.87. The molecule has 3 nitrogen and oxygen atoms in total. The van der Waals surface area contributed by atoms with Crippen molar-refractivity contribution in [2.24, 2.45) is 0 Å². The molecule has 2 aromatic rings. The Bertz CT molecular complexity index is 557. The highest BCUT2D eigenvalue weighted by molar-refractivity contribution is 5.66. The van der Waals surface area contributed by atoms with Crippen LogP contribution in [0.2, 0.25) is 0 Å². The molecule has 0 aliphatic carbocycles. The standard InChI is InChI=1S/C17H21N3/c18-17-10-16(11-19-12-17)15-6-4-14(5-7-15)13-20-8-2-1-3-9-20/h4-7,10-12H,1-3,8-9,13,18H2. The second-order valence-corrected chi connectivity index (χ2v) is 5.54. The van der Waals surface area contributed by atoms with Crippen molar-refractivity contribution in [1.29, 1.82) is 0 Å². The summed E-state index contributed by atoms with van der Waals surface area (Å²) in [6.07, 6.45) is 7.60. The minimum Gasteiger partial charge on any atom is -0.397 e. The van der Waals surface area contributed by atoms with Gasteiger partial charge in [0.1, 0.15) is 0 Å². The highest BCUT2D eigenvalue weighted by Crippen LogP contribution is 2.21. The number of anilines is 1. The molecule has 0 radical (unpaired) electrons. The number of pyridine rings is 1. The third kappa shape index (κ3) is 3.17. The van der Waals surface area contributed by atoms with Crippen LogP contribution < -0.4 is 5.73 Å². The van der Waals surface area contributed by atoms with Gasteiger partial charge in [-0.25, -0.2) is 0 Å². The molecular weight excluding hydrogens is 246 g/mol. The van der Waals surface area contributed by atoms with Crippen LogP contribution in [-0.4, -0.2) is 23.0 Å². The molecule has 2 heterocycles. The highest BCUT2D eigenvalue weighted by atomic mass is 15.1. The third-order valence-electron chi connectivity index (χ3n) is 3.90. The van der Waals surface area contributed by atoms with Crippen LogP contribution in [0.5, 0.6) is 0 Å². The van der Waals surface area contributed by atoms with Crippen LogP contribution in [0.4, 0.5) is 5.69 Å². The van der Waals surface area contributed by atoms with Crippen LogP contribution >= 0.6 is 0 Å². The van der Waals surface area contributed by atoms with Crippen LogP contribution in [0.3, 0.4) is 0 Å². The second-order valence-electron chi connectivity index (χ2n) is 5.54. The van der Waals surface area contributed by atoms with Gasteiger partial charge in [-0.15, -0.1) is 0 Å². The van der Waals surface area contributed by atoms with Crippen molar-refractivity contribution in [3.8, 4) is 11.1 Å². The first kappa shape index (κ1) is 13.1. The first-order chi connectivity index (χ1) is 9.81. The molecule has 2 N–H and O–H groups in total.